The van der Waals surface area contributed by atoms with Crippen LogP contribution in [0.1, 0.15) is 16.7 Å². The average Bonchev–Trinajstić information content (AvgIpc) is 2.69. The fraction of sp³-hybridized carbons (Fsp3) is 0.250. The highest BCUT2D eigenvalue weighted by Crippen LogP contribution is 2.25. The van der Waals surface area contributed by atoms with Crippen molar-refractivity contribution in [1.29, 1.82) is 0 Å². The molecule has 12 heteroatoms. The van der Waals surface area contributed by atoms with Crippen LogP contribution >= 0.6 is 0 Å². The van der Waals surface area contributed by atoms with E-state index in [4.69, 9.17) is 0 Å². The van der Waals surface area contributed by atoms with Crippen LogP contribution in [0, 0.1) is 20.8 Å². The van der Waals surface area contributed by atoms with E-state index in [1.165, 1.54) is 42.5 Å². The molecule has 0 saturated heterocycles. The largest absolute Gasteiger partial charge is 0.573 e. The van der Waals surface area contributed by atoms with Crippen molar-refractivity contribution in [3.05, 3.63) is 89.5 Å². The molecule has 3 nitrogen and oxygen atoms in total. The van der Waals surface area contributed by atoms with Crippen LogP contribution in [-0.2, 0) is 0 Å². The summed E-state index contributed by atoms with van der Waals surface area (Å²) in [6.07, 6.45) is -13.8. The molecule has 0 spiro atoms. The van der Waals surface area contributed by atoms with Crippen LogP contribution in [0.3, 0.4) is 0 Å². The Morgan fingerprint density at radius 3 is 1.44 bits per heavy atom. The second-order valence-electron chi connectivity index (χ2n) is 7.04. The molecule has 0 N–H and O–H groups in total. The first kappa shape index (κ1) is 30.5. The van der Waals surface area contributed by atoms with Gasteiger partial charge in [0.2, 0.25) is 0 Å². The third-order valence-electron chi connectivity index (χ3n) is 3.80. The lowest BCUT2D eigenvalue weighted by Crippen LogP contribution is -2.17. The van der Waals surface area contributed by atoms with Gasteiger partial charge in [-0.25, -0.2) is 0 Å². The first-order valence-electron chi connectivity index (χ1n) is 9.90. The van der Waals surface area contributed by atoms with E-state index in [0.29, 0.717) is 5.56 Å². The minimum atomic E-state index is -4.61. The first-order valence-corrected chi connectivity index (χ1v) is 9.90. The Labute approximate surface area is 201 Å². The average molecular weight is 528 g/mol. The summed E-state index contributed by atoms with van der Waals surface area (Å²) in [7, 11) is 0. The predicted molar refractivity (Wildman–Crippen MR) is 114 cm³/mol. The fourth-order valence-corrected chi connectivity index (χ4v) is 2.35. The van der Waals surface area contributed by atoms with E-state index in [9.17, 15) is 39.5 Å². The van der Waals surface area contributed by atoms with Crippen molar-refractivity contribution in [2.24, 2.45) is 0 Å². The Hall–Kier alpha value is -3.57. The molecule has 0 atom stereocenters. The minimum Gasteiger partial charge on any atom is -0.406 e. The number of aryl methyl sites for hydroxylation is 3. The quantitative estimate of drug-likeness (QED) is 0.319. The second kappa shape index (κ2) is 12.9. The topological polar surface area (TPSA) is 27.7 Å². The van der Waals surface area contributed by atoms with E-state index in [1.54, 1.807) is 51.1 Å². The van der Waals surface area contributed by atoms with Gasteiger partial charge in [-0.05, 0) is 62.2 Å². The van der Waals surface area contributed by atoms with E-state index >= 15 is 0 Å². The monoisotopic (exact) mass is 528 g/mol. The molecule has 0 fully saturated rings. The Morgan fingerprint density at radius 2 is 0.972 bits per heavy atom. The molecule has 3 aromatic rings. The van der Waals surface area contributed by atoms with Gasteiger partial charge in [0.1, 0.15) is 17.2 Å². The van der Waals surface area contributed by atoms with Crippen molar-refractivity contribution >= 4 is 0 Å². The Bertz CT molecular complexity index is 1060. The van der Waals surface area contributed by atoms with Crippen molar-refractivity contribution in [2.45, 2.75) is 39.9 Å². The molecule has 3 rings (SSSR count). The lowest BCUT2D eigenvalue weighted by atomic mass is 10.2. The summed E-state index contributed by atoms with van der Waals surface area (Å²) < 4.78 is 116. The summed E-state index contributed by atoms with van der Waals surface area (Å²) in [5.74, 6) is -0.513. The smallest absolute Gasteiger partial charge is 0.406 e. The zero-order valence-corrected chi connectivity index (χ0v) is 19.1. The van der Waals surface area contributed by atoms with E-state index in [2.05, 4.69) is 14.2 Å². The molecule has 0 saturated carbocycles. The van der Waals surface area contributed by atoms with E-state index in [1.807, 2.05) is 0 Å². The molecular formula is C24H21F9O3. The van der Waals surface area contributed by atoms with Crippen molar-refractivity contribution in [3.63, 3.8) is 0 Å². The number of ether oxygens (including phenoxy) is 3. The first-order chi connectivity index (χ1) is 16.4. The normalized spacial score (nSPS) is 11.3. The number of halogens is 9. The zero-order valence-electron chi connectivity index (χ0n) is 19.1. The summed E-state index contributed by atoms with van der Waals surface area (Å²) >= 11 is 0. The van der Waals surface area contributed by atoms with E-state index in [0.717, 1.165) is 11.1 Å². The summed E-state index contributed by atoms with van der Waals surface area (Å²) in [6.45, 7) is 5.04. The van der Waals surface area contributed by atoms with Crippen LogP contribution in [0.2, 0.25) is 0 Å². The molecule has 0 aliphatic heterocycles. The molecule has 0 aromatic heterocycles. The molecule has 3 aromatic carbocycles. The maximum Gasteiger partial charge on any atom is 0.573 e. The van der Waals surface area contributed by atoms with Crippen LogP contribution in [0.25, 0.3) is 0 Å². The number of hydrogen-bond acceptors (Lipinski definition) is 3. The summed E-state index contributed by atoms with van der Waals surface area (Å²) in [5.41, 5.74) is 2.09. The van der Waals surface area contributed by atoms with Gasteiger partial charge >= 0.3 is 19.1 Å². The van der Waals surface area contributed by atoms with Gasteiger partial charge in [-0.1, -0.05) is 48.0 Å². The highest BCUT2D eigenvalue weighted by molar-refractivity contribution is 5.32. The van der Waals surface area contributed by atoms with Crippen molar-refractivity contribution in [2.75, 3.05) is 0 Å². The molecule has 0 aliphatic carbocycles. The van der Waals surface area contributed by atoms with Crippen LogP contribution < -0.4 is 14.2 Å². The number of para-hydroxylation sites is 1. The van der Waals surface area contributed by atoms with Gasteiger partial charge in [-0.3, -0.25) is 0 Å². The number of rotatable bonds is 3. The second-order valence-corrected chi connectivity index (χ2v) is 7.04. The maximum atomic E-state index is 11.7. The molecule has 0 aliphatic rings. The van der Waals surface area contributed by atoms with Crippen LogP contribution in [0.15, 0.2) is 72.8 Å². The minimum absolute atomic E-state index is 0.148. The van der Waals surface area contributed by atoms with Crippen molar-refractivity contribution in [1.82, 2.24) is 0 Å². The molecule has 0 bridgehead atoms. The van der Waals surface area contributed by atoms with Crippen LogP contribution in [0.5, 0.6) is 17.2 Å². The molecule has 0 radical (unpaired) electrons. The molecule has 198 valence electrons. The number of benzene rings is 3. The summed E-state index contributed by atoms with van der Waals surface area (Å²) in [6, 6.07) is 17.5. The van der Waals surface area contributed by atoms with Crippen molar-refractivity contribution < 1.29 is 53.7 Å². The zero-order chi connectivity index (χ0) is 27.6. The SMILES string of the molecule is Cc1ccc(OC(F)(F)F)cc1.Cc1cccc(OC(F)(F)F)c1.Cc1ccccc1OC(F)(F)F. The van der Waals surface area contributed by atoms with Gasteiger partial charge in [0.05, 0.1) is 0 Å². The van der Waals surface area contributed by atoms with Gasteiger partial charge in [0, 0.05) is 0 Å². The molecule has 36 heavy (non-hydrogen) atoms. The van der Waals surface area contributed by atoms with E-state index < -0.39 is 19.1 Å². The molecule has 0 heterocycles. The number of alkyl halides is 9. The van der Waals surface area contributed by atoms with Gasteiger partial charge in [-0.15, -0.1) is 39.5 Å². The molecule has 0 amide bonds. The highest BCUT2D eigenvalue weighted by atomic mass is 19.4. The Balaban J connectivity index is 0.000000270. The predicted octanol–water partition coefficient (Wildman–Crippen LogP) is 8.68. The van der Waals surface area contributed by atoms with Crippen LogP contribution in [-0.4, -0.2) is 19.1 Å². The number of hydrogen-bond donors (Lipinski definition) is 0. The third kappa shape index (κ3) is 14.6. The molecule has 0 unspecified atom stereocenters. The van der Waals surface area contributed by atoms with Crippen LogP contribution in [0.4, 0.5) is 39.5 Å². The van der Waals surface area contributed by atoms with E-state index in [-0.39, 0.29) is 17.2 Å². The maximum absolute atomic E-state index is 11.7. The van der Waals surface area contributed by atoms with Gasteiger partial charge < -0.3 is 14.2 Å². The Morgan fingerprint density at radius 1 is 0.472 bits per heavy atom. The summed E-state index contributed by atoms with van der Waals surface area (Å²) in [5, 5.41) is 0. The third-order valence-corrected chi connectivity index (χ3v) is 3.80. The van der Waals surface area contributed by atoms with Gasteiger partial charge in [-0.2, -0.15) is 0 Å². The standard InChI is InChI=1S/3C8H7F3O/c1-6-2-4-7(5-3-6)12-8(9,10)11;1-6-3-2-4-7(5-6)12-8(9,10)11;1-6-4-2-3-5-7(6)12-8(9,10)11/h3*2-5H,1H3. The van der Waals surface area contributed by atoms with Gasteiger partial charge in [0.15, 0.2) is 0 Å². The van der Waals surface area contributed by atoms with Crippen molar-refractivity contribution in [3.8, 4) is 17.2 Å². The van der Waals surface area contributed by atoms with Gasteiger partial charge in [0.25, 0.3) is 0 Å². The lowest BCUT2D eigenvalue weighted by molar-refractivity contribution is -0.275. The fourth-order valence-electron chi connectivity index (χ4n) is 2.35. The molecular weight excluding hydrogens is 507 g/mol. The summed E-state index contributed by atoms with van der Waals surface area (Å²) in [4.78, 5) is 0. The highest BCUT2D eigenvalue weighted by Gasteiger charge is 2.32. The Kier molecular flexibility index (Phi) is 10.9. The lowest BCUT2D eigenvalue weighted by Gasteiger charge is -2.10.